The summed E-state index contributed by atoms with van der Waals surface area (Å²) in [6.45, 7) is 10.3. The number of fused-ring (bicyclic) bond motifs is 1. The summed E-state index contributed by atoms with van der Waals surface area (Å²) in [7, 11) is 1.63. The highest BCUT2D eigenvalue weighted by atomic mass is 16.5. The number of rotatable bonds is 5. The summed E-state index contributed by atoms with van der Waals surface area (Å²) in [5.41, 5.74) is 5.94. The van der Waals surface area contributed by atoms with Crippen LogP contribution in [-0.2, 0) is 6.54 Å². The van der Waals surface area contributed by atoms with Gasteiger partial charge in [0.15, 0.2) is 0 Å². The number of hydrogen-bond acceptors (Lipinski definition) is 5. The van der Waals surface area contributed by atoms with E-state index in [1.54, 1.807) is 11.7 Å². The zero-order chi connectivity index (χ0) is 22.3. The molecule has 3 heterocycles. The summed E-state index contributed by atoms with van der Waals surface area (Å²) in [5.74, 6) is 1.72. The maximum Gasteiger partial charge on any atom is 0.254 e. The van der Waals surface area contributed by atoms with Gasteiger partial charge in [0.05, 0.1) is 36.1 Å². The van der Waals surface area contributed by atoms with Crippen molar-refractivity contribution in [1.82, 2.24) is 14.7 Å². The molecule has 6 nitrogen and oxygen atoms in total. The molecule has 0 saturated carbocycles. The van der Waals surface area contributed by atoms with Gasteiger partial charge in [-0.15, -0.1) is 0 Å². The van der Waals surface area contributed by atoms with Gasteiger partial charge >= 0.3 is 0 Å². The Morgan fingerprint density at radius 1 is 1.13 bits per heavy atom. The van der Waals surface area contributed by atoms with Gasteiger partial charge in [0, 0.05) is 22.9 Å². The average Bonchev–Trinajstić information content (AvgIpc) is 3.08. The first-order chi connectivity index (χ1) is 14.8. The lowest BCUT2D eigenvalue weighted by Crippen LogP contribution is -2.23. The van der Waals surface area contributed by atoms with Crippen molar-refractivity contribution in [3.63, 3.8) is 0 Å². The fraction of sp³-hybridized carbons (Fsp3) is 0.320. The molecule has 0 radical (unpaired) electrons. The van der Waals surface area contributed by atoms with Gasteiger partial charge in [-0.05, 0) is 56.3 Å². The molecule has 0 aliphatic carbocycles. The van der Waals surface area contributed by atoms with Crippen LogP contribution in [0.25, 0.3) is 22.0 Å². The number of aryl methyl sites for hydroxylation is 3. The zero-order valence-electron chi connectivity index (χ0n) is 18.8. The highest BCUT2D eigenvalue weighted by molar-refractivity contribution is 5.90. The standard InChI is InChI=1S/C25H27N3O3/c1-14(2)21-9-7-8-19(26-21)13-28-22-12-23(30-6)20(24-16(4)27-31-17(24)5)11-18(22)10-15(3)25(28)29/h7-12,14H,13H2,1-6H3. The van der Waals surface area contributed by atoms with Crippen LogP contribution in [0.1, 0.15) is 48.2 Å². The number of aromatic nitrogens is 3. The molecule has 0 bridgehead atoms. The van der Waals surface area contributed by atoms with E-state index in [4.69, 9.17) is 14.2 Å². The molecule has 0 aliphatic rings. The number of ether oxygens (including phenoxy) is 1. The molecule has 0 aliphatic heterocycles. The Morgan fingerprint density at radius 3 is 2.55 bits per heavy atom. The third-order valence-corrected chi connectivity index (χ3v) is 5.64. The average molecular weight is 418 g/mol. The van der Waals surface area contributed by atoms with Gasteiger partial charge in [-0.1, -0.05) is 25.1 Å². The minimum atomic E-state index is -0.0311. The normalized spacial score (nSPS) is 11.5. The first-order valence-corrected chi connectivity index (χ1v) is 10.4. The molecule has 3 aromatic heterocycles. The number of benzene rings is 1. The van der Waals surface area contributed by atoms with Crippen LogP contribution in [0.4, 0.5) is 0 Å². The van der Waals surface area contributed by atoms with Crippen molar-refractivity contribution >= 4 is 10.9 Å². The maximum absolute atomic E-state index is 13.1. The van der Waals surface area contributed by atoms with E-state index in [2.05, 4.69) is 19.0 Å². The van der Waals surface area contributed by atoms with E-state index in [0.29, 0.717) is 23.8 Å². The van der Waals surface area contributed by atoms with Crippen LogP contribution in [0.2, 0.25) is 0 Å². The van der Waals surface area contributed by atoms with Crippen LogP contribution < -0.4 is 10.3 Å². The van der Waals surface area contributed by atoms with E-state index in [-0.39, 0.29) is 5.56 Å². The second-order valence-electron chi connectivity index (χ2n) is 8.24. The lowest BCUT2D eigenvalue weighted by atomic mass is 9.99. The second-order valence-corrected chi connectivity index (χ2v) is 8.24. The van der Waals surface area contributed by atoms with Crippen LogP contribution in [0.3, 0.4) is 0 Å². The zero-order valence-corrected chi connectivity index (χ0v) is 18.8. The molecule has 0 spiro atoms. The number of nitrogens with zero attached hydrogens (tertiary/aromatic N) is 3. The van der Waals surface area contributed by atoms with Crippen LogP contribution in [0.15, 0.2) is 45.7 Å². The van der Waals surface area contributed by atoms with Crippen LogP contribution in [0.5, 0.6) is 5.75 Å². The molecule has 6 heteroatoms. The van der Waals surface area contributed by atoms with Gasteiger partial charge in [0.2, 0.25) is 0 Å². The van der Waals surface area contributed by atoms with Gasteiger partial charge in [-0.2, -0.15) is 0 Å². The van der Waals surface area contributed by atoms with E-state index in [9.17, 15) is 4.79 Å². The van der Waals surface area contributed by atoms with Crippen molar-refractivity contribution in [3.8, 4) is 16.9 Å². The third kappa shape index (κ3) is 3.74. The van der Waals surface area contributed by atoms with E-state index >= 15 is 0 Å². The lowest BCUT2D eigenvalue weighted by molar-refractivity contribution is 0.393. The predicted octanol–water partition coefficient (Wildman–Crippen LogP) is 5.16. The molecule has 0 unspecified atom stereocenters. The van der Waals surface area contributed by atoms with Gasteiger partial charge < -0.3 is 13.8 Å². The summed E-state index contributed by atoms with van der Waals surface area (Å²) in [4.78, 5) is 17.9. The van der Waals surface area contributed by atoms with Crippen molar-refractivity contribution < 1.29 is 9.26 Å². The van der Waals surface area contributed by atoms with Crippen LogP contribution >= 0.6 is 0 Å². The molecular weight excluding hydrogens is 390 g/mol. The molecule has 31 heavy (non-hydrogen) atoms. The molecule has 1 aromatic carbocycles. The largest absolute Gasteiger partial charge is 0.496 e. The van der Waals surface area contributed by atoms with Crippen LogP contribution in [-0.4, -0.2) is 21.8 Å². The molecular formula is C25H27N3O3. The Kier molecular flexibility index (Phi) is 5.39. The number of pyridine rings is 2. The molecule has 4 rings (SSSR count). The highest BCUT2D eigenvalue weighted by Gasteiger charge is 2.19. The summed E-state index contributed by atoms with van der Waals surface area (Å²) in [5, 5.41) is 5.03. The van der Waals surface area contributed by atoms with Gasteiger partial charge in [-0.25, -0.2) is 0 Å². The lowest BCUT2D eigenvalue weighted by Gasteiger charge is -2.16. The summed E-state index contributed by atoms with van der Waals surface area (Å²) in [6.07, 6.45) is 0. The molecule has 160 valence electrons. The van der Waals surface area contributed by atoms with Gasteiger partial charge in [-0.3, -0.25) is 9.78 Å². The van der Waals surface area contributed by atoms with Crippen molar-refractivity contribution in [2.75, 3.05) is 7.11 Å². The Hall–Kier alpha value is -3.41. The number of methoxy groups -OCH3 is 1. The first-order valence-electron chi connectivity index (χ1n) is 10.4. The van der Waals surface area contributed by atoms with E-state index in [1.807, 2.05) is 57.2 Å². The number of hydrogen-bond donors (Lipinski definition) is 0. The highest BCUT2D eigenvalue weighted by Crippen LogP contribution is 2.37. The van der Waals surface area contributed by atoms with E-state index in [0.717, 1.165) is 44.9 Å². The second kappa shape index (κ2) is 8.02. The summed E-state index contributed by atoms with van der Waals surface area (Å²) >= 11 is 0. The third-order valence-electron chi connectivity index (χ3n) is 5.64. The Bertz CT molecular complexity index is 1310. The van der Waals surface area contributed by atoms with Gasteiger partial charge in [0.1, 0.15) is 11.5 Å². The van der Waals surface area contributed by atoms with E-state index < -0.39 is 0 Å². The first kappa shape index (κ1) is 20.8. The minimum absolute atomic E-state index is 0.0311. The summed E-state index contributed by atoms with van der Waals surface area (Å²) < 4.78 is 12.9. The van der Waals surface area contributed by atoms with Crippen molar-refractivity contribution in [1.29, 1.82) is 0 Å². The Labute approximate surface area is 181 Å². The molecule has 0 fully saturated rings. The van der Waals surface area contributed by atoms with Gasteiger partial charge in [0.25, 0.3) is 5.56 Å². The van der Waals surface area contributed by atoms with Crippen LogP contribution in [0, 0.1) is 20.8 Å². The molecule has 0 atom stereocenters. The molecule has 0 amide bonds. The van der Waals surface area contributed by atoms with Crippen molar-refractivity contribution in [2.45, 2.75) is 47.1 Å². The quantitative estimate of drug-likeness (QED) is 0.449. The molecule has 0 N–H and O–H groups in total. The molecule has 0 saturated heterocycles. The monoisotopic (exact) mass is 417 g/mol. The molecule has 4 aromatic rings. The summed E-state index contributed by atoms with van der Waals surface area (Å²) in [6, 6.07) is 11.9. The maximum atomic E-state index is 13.1. The Morgan fingerprint density at radius 2 is 1.90 bits per heavy atom. The fourth-order valence-electron chi connectivity index (χ4n) is 4.01. The SMILES string of the molecule is COc1cc2c(cc1-c1c(C)noc1C)cc(C)c(=O)n2Cc1cccc(C(C)C)n1. The predicted molar refractivity (Wildman–Crippen MR) is 122 cm³/mol. The minimum Gasteiger partial charge on any atom is -0.496 e. The Balaban J connectivity index is 1.93. The van der Waals surface area contributed by atoms with Crippen molar-refractivity contribution in [3.05, 3.63) is 75.2 Å². The topological polar surface area (TPSA) is 70.2 Å². The van der Waals surface area contributed by atoms with E-state index in [1.165, 1.54) is 0 Å². The fourth-order valence-corrected chi connectivity index (χ4v) is 4.01. The van der Waals surface area contributed by atoms with Crippen molar-refractivity contribution in [2.24, 2.45) is 0 Å². The smallest absolute Gasteiger partial charge is 0.254 e.